The number of hydrogen-bond acceptors (Lipinski definition) is 5. The van der Waals surface area contributed by atoms with Crippen molar-refractivity contribution in [2.75, 3.05) is 19.6 Å². The number of nitrogens with zero attached hydrogens (tertiary/aromatic N) is 1. The van der Waals surface area contributed by atoms with Crippen molar-refractivity contribution >= 4 is 18.0 Å². The Bertz CT molecular complexity index is 532. The van der Waals surface area contributed by atoms with E-state index in [0.29, 0.717) is 6.42 Å². The first-order valence-corrected chi connectivity index (χ1v) is 12.7. The first kappa shape index (κ1) is 31.2. The number of unbranched alkanes of at least 4 members (excludes halogenated alkanes) is 11. The van der Waals surface area contributed by atoms with Crippen molar-refractivity contribution in [3.63, 3.8) is 0 Å². The molecule has 0 bridgehead atoms. The molecule has 0 saturated carbocycles. The van der Waals surface area contributed by atoms with Gasteiger partial charge in [-0.05, 0) is 27.2 Å². The van der Waals surface area contributed by atoms with Crippen molar-refractivity contribution in [1.29, 1.82) is 0 Å². The summed E-state index contributed by atoms with van der Waals surface area (Å²) in [5.41, 5.74) is -0.646. The fraction of sp³-hybridized carbons (Fsp3) is 0.880. The lowest BCUT2D eigenvalue weighted by molar-refractivity contribution is -0.141. The van der Waals surface area contributed by atoms with Gasteiger partial charge in [0.05, 0.1) is 13.1 Å². The van der Waals surface area contributed by atoms with Gasteiger partial charge in [0.15, 0.2) is 0 Å². The van der Waals surface area contributed by atoms with E-state index in [1.807, 2.05) is 0 Å². The molecule has 8 nitrogen and oxygen atoms in total. The number of amides is 1. The van der Waals surface area contributed by atoms with Crippen molar-refractivity contribution in [2.24, 2.45) is 0 Å². The van der Waals surface area contributed by atoms with E-state index >= 15 is 0 Å². The lowest BCUT2D eigenvalue weighted by Crippen LogP contribution is -2.47. The van der Waals surface area contributed by atoms with Crippen molar-refractivity contribution < 1.29 is 29.3 Å². The number of carboxylic acid groups (broad SMARTS) is 2. The topological polar surface area (TPSA) is 116 Å². The smallest absolute Gasteiger partial charge is 0.407 e. The van der Waals surface area contributed by atoms with Crippen LogP contribution in [0.1, 0.15) is 111 Å². The number of carboxylic acids is 2. The summed E-state index contributed by atoms with van der Waals surface area (Å²) in [6.45, 7) is 6.91. The Hall–Kier alpha value is -1.83. The molecule has 3 N–H and O–H groups in total. The van der Waals surface area contributed by atoms with Gasteiger partial charge in [0.25, 0.3) is 0 Å². The molecule has 0 rings (SSSR count). The van der Waals surface area contributed by atoms with Crippen LogP contribution in [-0.2, 0) is 14.3 Å². The summed E-state index contributed by atoms with van der Waals surface area (Å²) in [6, 6.07) is -0.373. The van der Waals surface area contributed by atoms with E-state index in [9.17, 15) is 14.4 Å². The molecular weight excluding hydrogens is 424 g/mol. The minimum Gasteiger partial charge on any atom is -0.480 e. The first-order valence-electron chi connectivity index (χ1n) is 12.7. The molecule has 194 valence electrons. The van der Waals surface area contributed by atoms with Gasteiger partial charge in [0.1, 0.15) is 5.60 Å². The first-order chi connectivity index (χ1) is 15.5. The Kier molecular flexibility index (Phi) is 17.6. The van der Waals surface area contributed by atoms with Gasteiger partial charge in [-0.15, -0.1) is 0 Å². The van der Waals surface area contributed by atoms with Gasteiger partial charge in [-0.1, -0.05) is 84.0 Å². The van der Waals surface area contributed by atoms with Crippen LogP contribution in [0.4, 0.5) is 4.79 Å². The molecule has 0 aliphatic heterocycles. The maximum atomic E-state index is 12.2. The zero-order chi connectivity index (χ0) is 25.1. The average Bonchev–Trinajstić information content (AvgIpc) is 2.66. The fourth-order valence-corrected chi connectivity index (χ4v) is 3.79. The number of rotatable bonds is 20. The molecule has 0 aromatic heterocycles. The molecule has 0 radical (unpaired) electrons. The molecule has 0 heterocycles. The third kappa shape index (κ3) is 21.8. The zero-order valence-electron chi connectivity index (χ0n) is 21.4. The monoisotopic (exact) mass is 472 g/mol. The van der Waals surface area contributed by atoms with Crippen LogP contribution in [-0.4, -0.2) is 64.4 Å². The van der Waals surface area contributed by atoms with Gasteiger partial charge >= 0.3 is 18.0 Å². The second-order valence-electron chi connectivity index (χ2n) is 9.98. The highest BCUT2D eigenvalue weighted by atomic mass is 16.6. The van der Waals surface area contributed by atoms with E-state index in [4.69, 9.17) is 14.9 Å². The van der Waals surface area contributed by atoms with Gasteiger partial charge in [-0.25, -0.2) is 4.79 Å². The molecule has 0 spiro atoms. The van der Waals surface area contributed by atoms with Crippen molar-refractivity contribution in [3.05, 3.63) is 0 Å². The van der Waals surface area contributed by atoms with Gasteiger partial charge in [-0.3, -0.25) is 14.5 Å². The van der Waals surface area contributed by atoms with Gasteiger partial charge < -0.3 is 20.3 Å². The Labute approximate surface area is 200 Å². The lowest BCUT2D eigenvalue weighted by atomic mass is 10.0. The lowest BCUT2D eigenvalue weighted by Gasteiger charge is -2.27. The molecule has 1 atom stereocenters. The highest BCUT2D eigenvalue weighted by Gasteiger charge is 2.23. The van der Waals surface area contributed by atoms with E-state index < -0.39 is 36.7 Å². The summed E-state index contributed by atoms with van der Waals surface area (Å²) in [5.74, 6) is -2.20. The number of carbonyl (C=O) groups excluding carboxylic acids is 1. The number of aliphatic carboxylic acids is 2. The standard InChI is InChI=1S/C25H48N2O6/c1-5-6-7-8-9-10-11-12-13-14-15-16-17-21(26-24(32)33-25(2,3)4)18-27(19-22(28)29)20-23(30)31/h21H,5-20H2,1-4H3,(H,26,32)(H,28,29)(H,30,31). The number of ether oxygens (including phenoxy) is 1. The largest absolute Gasteiger partial charge is 0.480 e. The molecule has 0 fully saturated rings. The zero-order valence-corrected chi connectivity index (χ0v) is 21.4. The normalized spacial score (nSPS) is 12.5. The van der Waals surface area contributed by atoms with Gasteiger partial charge in [0, 0.05) is 12.6 Å². The summed E-state index contributed by atoms with van der Waals surface area (Å²) in [6.07, 6.45) is 14.8. The van der Waals surface area contributed by atoms with Crippen molar-refractivity contribution in [3.8, 4) is 0 Å². The Balaban J connectivity index is 4.41. The molecule has 0 aliphatic carbocycles. The van der Waals surface area contributed by atoms with Crippen LogP contribution in [0.5, 0.6) is 0 Å². The third-order valence-electron chi connectivity index (χ3n) is 5.32. The van der Waals surface area contributed by atoms with Crippen LogP contribution in [0.3, 0.4) is 0 Å². The van der Waals surface area contributed by atoms with E-state index in [1.165, 1.54) is 62.7 Å². The summed E-state index contributed by atoms with van der Waals surface area (Å²) in [4.78, 5) is 35.8. The van der Waals surface area contributed by atoms with Crippen LogP contribution in [0, 0.1) is 0 Å². The Morgan fingerprint density at radius 2 is 1.21 bits per heavy atom. The van der Waals surface area contributed by atoms with Crippen LogP contribution in [0.25, 0.3) is 0 Å². The van der Waals surface area contributed by atoms with Gasteiger partial charge in [0.2, 0.25) is 0 Å². The molecule has 0 aliphatic rings. The van der Waals surface area contributed by atoms with Crippen LogP contribution in [0.15, 0.2) is 0 Å². The maximum absolute atomic E-state index is 12.2. The van der Waals surface area contributed by atoms with E-state index in [1.54, 1.807) is 20.8 Å². The van der Waals surface area contributed by atoms with Crippen LogP contribution in [0.2, 0.25) is 0 Å². The second kappa shape index (κ2) is 18.6. The predicted octanol–water partition coefficient (Wildman–Crippen LogP) is 5.44. The van der Waals surface area contributed by atoms with E-state index in [0.717, 1.165) is 19.3 Å². The van der Waals surface area contributed by atoms with E-state index in [2.05, 4.69) is 12.2 Å². The average molecular weight is 473 g/mol. The van der Waals surface area contributed by atoms with Crippen LogP contribution >= 0.6 is 0 Å². The van der Waals surface area contributed by atoms with Crippen LogP contribution < -0.4 is 5.32 Å². The molecule has 0 saturated heterocycles. The highest BCUT2D eigenvalue weighted by Crippen LogP contribution is 2.14. The van der Waals surface area contributed by atoms with E-state index in [-0.39, 0.29) is 12.6 Å². The third-order valence-corrected chi connectivity index (χ3v) is 5.32. The molecule has 0 aromatic rings. The number of alkyl carbamates (subject to hydrolysis) is 1. The molecule has 0 aromatic carbocycles. The number of carbonyl (C=O) groups is 3. The maximum Gasteiger partial charge on any atom is 0.407 e. The quantitative estimate of drug-likeness (QED) is 0.202. The number of nitrogens with one attached hydrogen (secondary N) is 1. The molecule has 33 heavy (non-hydrogen) atoms. The van der Waals surface area contributed by atoms with Crippen molar-refractivity contribution in [1.82, 2.24) is 10.2 Å². The minimum absolute atomic E-state index is 0.149. The summed E-state index contributed by atoms with van der Waals surface area (Å²) in [7, 11) is 0. The Morgan fingerprint density at radius 1 is 0.788 bits per heavy atom. The molecule has 1 amide bonds. The predicted molar refractivity (Wildman–Crippen MR) is 131 cm³/mol. The summed E-state index contributed by atoms with van der Waals surface area (Å²) < 4.78 is 5.32. The molecular formula is C25H48N2O6. The number of hydrogen-bond donors (Lipinski definition) is 3. The summed E-state index contributed by atoms with van der Waals surface area (Å²) >= 11 is 0. The molecule has 1 unspecified atom stereocenters. The Morgan fingerprint density at radius 3 is 1.61 bits per heavy atom. The highest BCUT2D eigenvalue weighted by molar-refractivity contribution is 5.72. The second-order valence-corrected chi connectivity index (χ2v) is 9.98. The van der Waals surface area contributed by atoms with Gasteiger partial charge in [-0.2, -0.15) is 0 Å². The SMILES string of the molecule is CCCCCCCCCCCCCCC(CN(CC(=O)O)CC(=O)O)NC(=O)OC(C)(C)C. The fourth-order valence-electron chi connectivity index (χ4n) is 3.79. The minimum atomic E-state index is -1.10. The molecule has 8 heteroatoms. The van der Waals surface area contributed by atoms with Crippen molar-refractivity contribution in [2.45, 2.75) is 123 Å². The summed E-state index contributed by atoms with van der Waals surface area (Å²) in [5, 5.41) is 21.0.